The predicted octanol–water partition coefficient (Wildman–Crippen LogP) is 2.02. The van der Waals surface area contributed by atoms with Gasteiger partial charge in [0.2, 0.25) is 0 Å². The average molecular weight is 193 g/mol. The molecule has 0 spiro atoms. The fourth-order valence-electron chi connectivity index (χ4n) is 1.52. The van der Waals surface area contributed by atoms with E-state index in [9.17, 15) is 4.79 Å². The third-order valence-corrected chi connectivity index (χ3v) is 2.20. The lowest BCUT2D eigenvalue weighted by Gasteiger charge is -2.13. The van der Waals surface area contributed by atoms with E-state index in [4.69, 9.17) is 10.8 Å². The Hall–Kier alpha value is -1.51. The standard InChI is InChI=1S/C11H15NO2/c1-7(2)8-4-3-5-10(12)9(8)6-11(13)14/h3-5,7H,6,12H2,1-2H3,(H,13,14). The second-order valence-electron chi connectivity index (χ2n) is 3.64. The van der Waals surface area contributed by atoms with Crippen LogP contribution in [0.1, 0.15) is 30.9 Å². The van der Waals surface area contributed by atoms with Gasteiger partial charge in [0.05, 0.1) is 6.42 Å². The van der Waals surface area contributed by atoms with Crippen LogP contribution in [0.25, 0.3) is 0 Å². The molecule has 0 bridgehead atoms. The van der Waals surface area contributed by atoms with Crippen LogP contribution in [-0.2, 0) is 11.2 Å². The Labute approximate surface area is 83.6 Å². The first-order valence-corrected chi connectivity index (χ1v) is 4.61. The molecule has 0 unspecified atom stereocenters. The molecule has 0 atom stereocenters. The fourth-order valence-corrected chi connectivity index (χ4v) is 1.52. The van der Waals surface area contributed by atoms with Crippen molar-refractivity contribution in [3.05, 3.63) is 29.3 Å². The number of rotatable bonds is 3. The number of hydrogen-bond donors (Lipinski definition) is 2. The molecule has 1 aromatic carbocycles. The van der Waals surface area contributed by atoms with Crippen LogP contribution in [0, 0.1) is 0 Å². The summed E-state index contributed by atoms with van der Waals surface area (Å²) in [5.41, 5.74) is 8.08. The first-order chi connectivity index (χ1) is 6.52. The maximum Gasteiger partial charge on any atom is 0.307 e. The van der Waals surface area contributed by atoms with Gasteiger partial charge >= 0.3 is 5.97 Å². The Bertz CT molecular complexity index is 345. The largest absolute Gasteiger partial charge is 0.481 e. The summed E-state index contributed by atoms with van der Waals surface area (Å²) in [6.07, 6.45) is 0.000185. The number of hydrogen-bond acceptors (Lipinski definition) is 2. The molecule has 3 N–H and O–H groups in total. The van der Waals surface area contributed by atoms with Crippen molar-refractivity contribution in [3.8, 4) is 0 Å². The molecular formula is C11H15NO2. The van der Waals surface area contributed by atoms with Crippen molar-refractivity contribution >= 4 is 11.7 Å². The van der Waals surface area contributed by atoms with Crippen molar-refractivity contribution in [2.75, 3.05) is 5.73 Å². The van der Waals surface area contributed by atoms with E-state index in [1.54, 1.807) is 6.07 Å². The molecule has 1 rings (SSSR count). The van der Waals surface area contributed by atoms with Gasteiger partial charge in [-0.05, 0) is 23.1 Å². The van der Waals surface area contributed by atoms with E-state index >= 15 is 0 Å². The maximum atomic E-state index is 10.6. The highest BCUT2D eigenvalue weighted by atomic mass is 16.4. The lowest BCUT2D eigenvalue weighted by molar-refractivity contribution is -0.136. The zero-order chi connectivity index (χ0) is 10.7. The molecule has 0 heterocycles. The highest BCUT2D eigenvalue weighted by Crippen LogP contribution is 2.24. The molecule has 3 nitrogen and oxygen atoms in total. The van der Waals surface area contributed by atoms with Gasteiger partial charge in [-0.2, -0.15) is 0 Å². The molecule has 1 aromatic rings. The molecule has 0 saturated carbocycles. The van der Waals surface area contributed by atoms with Crippen LogP contribution in [0.15, 0.2) is 18.2 Å². The molecule has 0 aliphatic rings. The molecule has 0 radical (unpaired) electrons. The predicted molar refractivity (Wildman–Crippen MR) is 56.3 cm³/mol. The third kappa shape index (κ3) is 2.25. The van der Waals surface area contributed by atoms with Gasteiger partial charge in [0.1, 0.15) is 0 Å². The van der Waals surface area contributed by atoms with Gasteiger partial charge in [-0.15, -0.1) is 0 Å². The van der Waals surface area contributed by atoms with Gasteiger partial charge in [-0.1, -0.05) is 26.0 Å². The van der Waals surface area contributed by atoms with E-state index in [2.05, 4.69) is 0 Å². The molecule has 0 aliphatic heterocycles. The van der Waals surface area contributed by atoms with E-state index in [0.29, 0.717) is 11.6 Å². The smallest absolute Gasteiger partial charge is 0.307 e. The zero-order valence-corrected chi connectivity index (χ0v) is 8.45. The highest BCUT2D eigenvalue weighted by Gasteiger charge is 2.12. The number of carboxylic acids is 1. The summed E-state index contributed by atoms with van der Waals surface area (Å²) in [7, 11) is 0. The van der Waals surface area contributed by atoms with Crippen LogP contribution in [-0.4, -0.2) is 11.1 Å². The third-order valence-electron chi connectivity index (χ3n) is 2.20. The zero-order valence-electron chi connectivity index (χ0n) is 8.45. The molecule has 0 saturated heterocycles. The van der Waals surface area contributed by atoms with Crippen LogP contribution >= 0.6 is 0 Å². The second-order valence-corrected chi connectivity index (χ2v) is 3.64. The van der Waals surface area contributed by atoms with Crippen LogP contribution in [0.3, 0.4) is 0 Å². The quantitative estimate of drug-likeness (QED) is 0.722. The van der Waals surface area contributed by atoms with Crippen molar-refractivity contribution in [1.82, 2.24) is 0 Å². The van der Waals surface area contributed by atoms with Gasteiger partial charge < -0.3 is 10.8 Å². The van der Waals surface area contributed by atoms with E-state index in [1.807, 2.05) is 26.0 Å². The van der Waals surface area contributed by atoms with Crippen molar-refractivity contribution < 1.29 is 9.90 Å². The summed E-state index contributed by atoms with van der Waals surface area (Å²) in [4.78, 5) is 10.6. The molecule has 0 fully saturated rings. The minimum Gasteiger partial charge on any atom is -0.481 e. The molecule has 0 aromatic heterocycles. The molecule has 3 heteroatoms. The SMILES string of the molecule is CC(C)c1cccc(N)c1CC(=O)O. The van der Waals surface area contributed by atoms with Crippen LogP contribution in [0.4, 0.5) is 5.69 Å². The van der Waals surface area contributed by atoms with Gasteiger partial charge in [-0.25, -0.2) is 0 Å². The summed E-state index contributed by atoms with van der Waals surface area (Å²) < 4.78 is 0. The minimum absolute atomic E-state index is 0.000185. The van der Waals surface area contributed by atoms with Crippen molar-refractivity contribution in [2.45, 2.75) is 26.2 Å². The Balaban J connectivity index is 3.15. The molecular weight excluding hydrogens is 178 g/mol. The lowest BCUT2D eigenvalue weighted by atomic mass is 9.94. The Morgan fingerprint density at radius 1 is 1.50 bits per heavy atom. The minimum atomic E-state index is -0.843. The van der Waals surface area contributed by atoms with Gasteiger partial charge in [0, 0.05) is 5.69 Å². The Morgan fingerprint density at radius 3 is 2.64 bits per heavy atom. The lowest BCUT2D eigenvalue weighted by Crippen LogP contribution is -2.07. The fraction of sp³-hybridized carbons (Fsp3) is 0.364. The number of carbonyl (C=O) groups is 1. The van der Waals surface area contributed by atoms with E-state index in [-0.39, 0.29) is 6.42 Å². The first kappa shape index (κ1) is 10.6. The van der Waals surface area contributed by atoms with Gasteiger partial charge in [0.25, 0.3) is 0 Å². The van der Waals surface area contributed by atoms with Crippen molar-refractivity contribution in [2.24, 2.45) is 0 Å². The summed E-state index contributed by atoms with van der Waals surface area (Å²) in [6, 6.07) is 5.53. The first-order valence-electron chi connectivity index (χ1n) is 4.61. The number of anilines is 1. The summed E-state index contributed by atoms with van der Waals surface area (Å²) >= 11 is 0. The van der Waals surface area contributed by atoms with Gasteiger partial charge in [-0.3, -0.25) is 4.79 Å². The Morgan fingerprint density at radius 2 is 2.14 bits per heavy atom. The number of nitrogens with two attached hydrogens (primary N) is 1. The molecule has 76 valence electrons. The van der Waals surface area contributed by atoms with Crippen LogP contribution in [0.5, 0.6) is 0 Å². The maximum absolute atomic E-state index is 10.6. The van der Waals surface area contributed by atoms with Crippen LogP contribution < -0.4 is 5.73 Å². The average Bonchev–Trinajstić information content (AvgIpc) is 2.07. The number of nitrogen functional groups attached to an aromatic ring is 1. The second kappa shape index (κ2) is 4.13. The molecule has 0 amide bonds. The summed E-state index contributed by atoms with van der Waals surface area (Å²) in [5, 5.41) is 8.74. The van der Waals surface area contributed by atoms with Crippen LogP contribution in [0.2, 0.25) is 0 Å². The Kier molecular flexibility index (Phi) is 3.12. The highest BCUT2D eigenvalue weighted by molar-refractivity contribution is 5.74. The van der Waals surface area contributed by atoms with Crippen molar-refractivity contribution in [1.29, 1.82) is 0 Å². The monoisotopic (exact) mass is 193 g/mol. The number of carboxylic acid groups (broad SMARTS) is 1. The summed E-state index contributed by atoms with van der Waals surface area (Å²) in [6.45, 7) is 4.06. The molecule has 14 heavy (non-hydrogen) atoms. The topological polar surface area (TPSA) is 63.3 Å². The van der Waals surface area contributed by atoms with E-state index in [0.717, 1.165) is 11.1 Å². The normalized spacial score (nSPS) is 10.5. The van der Waals surface area contributed by atoms with Crippen molar-refractivity contribution in [3.63, 3.8) is 0 Å². The summed E-state index contributed by atoms with van der Waals surface area (Å²) in [5.74, 6) is -0.544. The van der Waals surface area contributed by atoms with Gasteiger partial charge in [0.15, 0.2) is 0 Å². The number of benzene rings is 1. The van der Waals surface area contributed by atoms with E-state index in [1.165, 1.54) is 0 Å². The molecule has 0 aliphatic carbocycles. The van der Waals surface area contributed by atoms with E-state index < -0.39 is 5.97 Å². The number of aliphatic carboxylic acids is 1.